The second-order valence-corrected chi connectivity index (χ2v) is 5.84. The van der Waals surface area contributed by atoms with Crippen LogP contribution in [0.3, 0.4) is 0 Å². The Balaban J connectivity index is 0.000000452. The van der Waals surface area contributed by atoms with E-state index in [-0.39, 0.29) is 16.5 Å². The molecule has 200 valence electrons. The van der Waals surface area contributed by atoms with E-state index in [1.54, 1.807) is 0 Å². The molecule has 0 aliphatic carbocycles. The average molecular weight is 569 g/mol. The molecule has 0 atom stereocenters. The van der Waals surface area contributed by atoms with Gasteiger partial charge < -0.3 is 18.9 Å². The van der Waals surface area contributed by atoms with E-state index in [9.17, 15) is 43.9 Å². The Labute approximate surface area is 203 Å². The van der Waals surface area contributed by atoms with Crippen molar-refractivity contribution in [2.75, 3.05) is 52.9 Å². The largest absolute Gasteiger partial charge is 2.00 e. The van der Waals surface area contributed by atoms with E-state index in [4.69, 9.17) is 18.9 Å². The molecule has 2 aliphatic rings. The molecule has 0 unspecified atom stereocenters. The van der Waals surface area contributed by atoms with Gasteiger partial charge in [0.05, 0.1) is 111 Å². The quantitative estimate of drug-likeness (QED) is 0.155. The van der Waals surface area contributed by atoms with Crippen LogP contribution in [0.1, 0.15) is 0 Å². The van der Waals surface area contributed by atoms with Crippen LogP contribution < -0.4 is 0 Å². The molecule has 2 aromatic rings. The Bertz CT molecular complexity index is 763. The Morgan fingerprint density at radius 3 is 0.657 bits per heavy atom. The van der Waals surface area contributed by atoms with E-state index in [0.717, 1.165) is 65.0 Å². The summed E-state index contributed by atoms with van der Waals surface area (Å²) >= 11 is 0. The van der Waals surface area contributed by atoms with Gasteiger partial charge in [-0.05, 0) is 0 Å². The third kappa shape index (κ3) is 11.6. The van der Waals surface area contributed by atoms with E-state index < -0.39 is 58.2 Å². The number of halogens is 10. The van der Waals surface area contributed by atoms with Gasteiger partial charge in [0.25, 0.3) is 0 Å². The molecule has 2 aromatic carbocycles. The van der Waals surface area contributed by atoms with Crippen molar-refractivity contribution in [3.05, 3.63) is 70.3 Å². The van der Waals surface area contributed by atoms with Gasteiger partial charge in [-0.15, -0.1) is 12.1 Å². The fourth-order valence-electron chi connectivity index (χ4n) is 1.87. The Morgan fingerprint density at radius 2 is 0.514 bits per heavy atom. The van der Waals surface area contributed by atoms with Gasteiger partial charge in [0.15, 0.2) is 0 Å². The van der Waals surface area contributed by atoms with Crippen molar-refractivity contribution in [2.24, 2.45) is 0 Å². The molecule has 0 saturated carbocycles. The van der Waals surface area contributed by atoms with Gasteiger partial charge in [-0.3, -0.25) is 17.6 Å². The smallest absolute Gasteiger partial charge is 0.377 e. The Kier molecular flexibility index (Phi) is 16.5. The molecular formula is C20H16F10NiO4. The normalized spacial score (nSPS) is 14.7. The van der Waals surface area contributed by atoms with Crippen molar-refractivity contribution in [3.63, 3.8) is 0 Å². The third-order valence-electron chi connectivity index (χ3n) is 3.47. The van der Waals surface area contributed by atoms with Crippen LogP contribution in [-0.4, -0.2) is 52.9 Å². The number of benzene rings is 2. The molecule has 2 heterocycles. The van der Waals surface area contributed by atoms with Gasteiger partial charge in [-0.25, -0.2) is 26.3 Å². The number of hydrogen-bond donors (Lipinski definition) is 0. The molecule has 0 aromatic heterocycles. The fourth-order valence-corrected chi connectivity index (χ4v) is 1.87. The zero-order valence-corrected chi connectivity index (χ0v) is 18.4. The SMILES string of the molecule is C1COCCO1.C1COCCO1.Fc1[c-]c(F)c(F)c(F)c1F.Fc1[c-]c(F)c(F)c(F)c1F.[Ni+2]. The van der Waals surface area contributed by atoms with Gasteiger partial charge in [0, 0.05) is 0 Å². The molecule has 0 N–H and O–H groups in total. The molecule has 0 radical (unpaired) electrons. The third-order valence-corrected chi connectivity index (χ3v) is 3.47. The zero-order valence-electron chi connectivity index (χ0n) is 17.4. The minimum atomic E-state index is -2.17. The summed E-state index contributed by atoms with van der Waals surface area (Å²) in [6.07, 6.45) is 0. The molecular weight excluding hydrogens is 553 g/mol. The predicted molar refractivity (Wildman–Crippen MR) is 93.4 cm³/mol. The van der Waals surface area contributed by atoms with Gasteiger partial charge in [-0.2, -0.15) is 0 Å². The maximum atomic E-state index is 12.0. The summed E-state index contributed by atoms with van der Waals surface area (Å²) in [5.74, 6) is -20.1. The molecule has 2 aliphatic heterocycles. The second-order valence-electron chi connectivity index (χ2n) is 5.84. The summed E-state index contributed by atoms with van der Waals surface area (Å²) in [6, 6.07) is 2.05. The van der Waals surface area contributed by atoms with Gasteiger partial charge in [0.1, 0.15) is 0 Å². The summed E-state index contributed by atoms with van der Waals surface area (Å²) in [5.41, 5.74) is 0. The standard InChI is InChI=1S/2C6F5.2C4H8O2.Ni/c2*7-2-1-3(8)5(10)6(11)4(2)9;2*1-2-6-4-3-5-1;/h;;2*1-4H2;/q2*-1;;;+2. The molecule has 2 saturated heterocycles. The molecule has 15 heteroatoms. The monoisotopic (exact) mass is 568 g/mol. The fraction of sp³-hybridized carbons (Fsp3) is 0.400. The van der Waals surface area contributed by atoms with E-state index >= 15 is 0 Å². The van der Waals surface area contributed by atoms with E-state index in [1.165, 1.54) is 0 Å². The van der Waals surface area contributed by atoms with E-state index in [1.807, 2.05) is 0 Å². The first-order valence-electron chi connectivity index (χ1n) is 9.20. The average Bonchev–Trinajstić information content (AvgIpc) is 2.87. The van der Waals surface area contributed by atoms with Crippen LogP contribution in [-0.2, 0) is 35.4 Å². The van der Waals surface area contributed by atoms with Gasteiger partial charge >= 0.3 is 16.5 Å². The van der Waals surface area contributed by atoms with E-state index in [2.05, 4.69) is 0 Å². The first-order chi connectivity index (χ1) is 16.1. The van der Waals surface area contributed by atoms with Crippen LogP contribution >= 0.6 is 0 Å². The molecule has 0 bridgehead atoms. The van der Waals surface area contributed by atoms with Crippen LogP contribution in [0.4, 0.5) is 43.9 Å². The van der Waals surface area contributed by atoms with Crippen LogP contribution in [0.5, 0.6) is 0 Å². The van der Waals surface area contributed by atoms with E-state index in [0.29, 0.717) is 0 Å². The summed E-state index contributed by atoms with van der Waals surface area (Å²) in [6.45, 7) is 6.22. The first-order valence-corrected chi connectivity index (χ1v) is 9.20. The van der Waals surface area contributed by atoms with Gasteiger partial charge in [-0.1, -0.05) is 0 Å². The van der Waals surface area contributed by atoms with Crippen LogP contribution in [0, 0.1) is 70.3 Å². The summed E-state index contributed by atoms with van der Waals surface area (Å²) in [5, 5.41) is 0. The number of hydrogen-bond acceptors (Lipinski definition) is 4. The molecule has 0 spiro atoms. The zero-order chi connectivity index (χ0) is 25.7. The Hall–Kier alpha value is -1.93. The molecule has 4 rings (SSSR count). The van der Waals surface area contributed by atoms with Crippen molar-refractivity contribution in [1.82, 2.24) is 0 Å². The van der Waals surface area contributed by atoms with Crippen molar-refractivity contribution in [2.45, 2.75) is 0 Å². The van der Waals surface area contributed by atoms with Crippen LogP contribution in [0.25, 0.3) is 0 Å². The molecule has 2 fully saturated rings. The van der Waals surface area contributed by atoms with Crippen LogP contribution in [0.15, 0.2) is 0 Å². The minimum absolute atomic E-state index is 0. The number of ether oxygens (including phenoxy) is 4. The maximum absolute atomic E-state index is 12.0. The molecule has 0 amide bonds. The van der Waals surface area contributed by atoms with Crippen molar-refractivity contribution < 1.29 is 79.3 Å². The minimum Gasteiger partial charge on any atom is -0.377 e. The summed E-state index contributed by atoms with van der Waals surface area (Å²) in [4.78, 5) is 0. The predicted octanol–water partition coefficient (Wildman–Crippen LogP) is 4.43. The summed E-state index contributed by atoms with van der Waals surface area (Å²) < 4.78 is 139. The van der Waals surface area contributed by atoms with Crippen molar-refractivity contribution in [3.8, 4) is 0 Å². The van der Waals surface area contributed by atoms with Crippen molar-refractivity contribution in [1.29, 1.82) is 0 Å². The first kappa shape index (κ1) is 33.1. The molecule has 4 nitrogen and oxygen atoms in total. The van der Waals surface area contributed by atoms with Crippen LogP contribution in [0.2, 0.25) is 0 Å². The Morgan fingerprint density at radius 1 is 0.343 bits per heavy atom. The second kappa shape index (κ2) is 17.5. The van der Waals surface area contributed by atoms with Crippen molar-refractivity contribution >= 4 is 0 Å². The molecule has 35 heavy (non-hydrogen) atoms. The number of rotatable bonds is 0. The maximum Gasteiger partial charge on any atom is 2.00 e. The summed E-state index contributed by atoms with van der Waals surface area (Å²) in [7, 11) is 0. The van der Waals surface area contributed by atoms with Gasteiger partial charge in [0.2, 0.25) is 0 Å². The topological polar surface area (TPSA) is 36.9 Å².